The minimum Gasteiger partial charge on any atom is -0.365 e. The van der Waals surface area contributed by atoms with Gasteiger partial charge in [-0.3, -0.25) is 9.78 Å². The first-order valence-electron chi connectivity index (χ1n) is 9.96. The standard InChI is InChI=1S/C21H21F2N5O3/c1-13-3-4-15(6-24-13)19-17(14(2)31-26-19)8-28-18(29)5-16(7-25-28)27-10-20(11-27)9-21(22,23)12-30-20/h3-7H,8-12H2,1-2H3. The monoisotopic (exact) mass is 429 g/mol. The van der Waals surface area contributed by atoms with Crippen LogP contribution in [0.2, 0.25) is 0 Å². The van der Waals surface area contributed by atoms with Crippen LogP contribution in [0.25, 0.3) is 11.3 Å². The molecule has 0 amide bonds. The number of alkyl halides is 2. The lowest BCUT2D eigenvalue weighted by Crippen LogP contribution is -2.62. The van der Waals surface area contributed by atoms with E-state index in [1.807, 2.05) is 24.0 Å². The lowest BCUT2D eigenvalue weighted by Gasteiger charge is -2.47. The van der Waals surface area contributed by atoms with E-state index in [9.17, 15) is 13.6 Å². The second-order valence-corrected chi connectivity index (χ2v) is 8.32. The Bertz CT molecular complexity index is 1180. The summed E-state index contributed by atoms with van der Waals surface area (Å²) in [5.41, 5.74) is 2.51. The Kier molecular flexibility index (Phi) is 4.44. The van der Waals surface area contributed by atoms with Gasteiger partial charge in [-0.15, -0.1) is 0 Å². The lowest BCUT2D eigenvalue weighted by molar-refractivity contribution is -0.0338. The molecule has 5 heterocycles. The molecule has 10 heteroatoms. The number of halogens is 2. The number of anilines is 1. The van der Waals surface area contributed by atoms with E-state index in [4.69, 9.17) is 9.26 Å². The minimum atomic E-state index is -2.78. The van der Waals surface area contributed by atoms with Crippen molar-refractivity contribution in [2.24, 2.45) is 0 Å². The van der Waals surface area contributed by atoms with Gasteiger partial charge in [-0.25, -0.2) is 13.5 Å². The van der Waals surface area contributed by atoms with Crippen LogP contribution in [0.5, 0.6) is 0 Å². The maximum Gasteiger partial charge on any atom is 0.273 e. The molecule has 3 aromatic rings. The van der Waals surface area contributed by atoms with Crippen LogP contribution < -0.4 is 10.5 Å². The van der Waals surface area contributed by atoms with Crippen LogP contribution in [0.3, 0.4) is 0 Å². The molecule has 0 saturated carbocycles. The predicted octanol–water partition coefficient (Wildman–Crippen LogP) is 2.57. The van der Waals surface area contributed by atoms with E-state index in [0.29, 0.717) is 30.2 Å². The number of rotatable bonds is 4. The molecule has 162 valence electrons. The van der Waals surface area contributed by atoms with Gasteiger partial charge in [0.05, 0.1) is 18.4 Å². The van der Waals surface area contributed by atoms with Gasteiger partial charge in [0.1, 0.15) is 23.7 Å². The zero-order valence-corrected chi connectivity index (χ0v) is 17.1. The number of aryl methyl sites for hydroxylation is 2. The van der Waals surface area contributed by atoms with Gasteiger partial charge in [-0.1, -0.05) is 5.16 Å². The quantitative estimate of drug-likeness (QED) is 0.630. The van der Waals surface area contributed by atoms with Crippen LogP contribution in [-0.2, 0) is 11.3 Å². The second-order valence-electron chi connectivity index (χ2n) is 8.32. The Morgan fingerprint density at radius 1 is 1.19 bits per heavy atom. The third-order valence-corrected chi connectivity index (χ3v) is 5.83. The molecule has 2 aliphatic heterocycles. The van der Waals surface area contributed by atoms with E-state index in [0.717, 1.165) is 16.8 Å². The number of hydrogen-bond donors (Lipinski definition) is 0. The van der Waals surface area contributed by atoms with E-state index in [2.05, 4.69) is 15.2 Å². The van der Waals surface area contributed by atoms with Gasteiger partial charge in [0.25, 0.3) is 11.5 Å². The molecule has 1 spiro atoms. The Hall–Kier alpha value is -3.14. The van der Waals surface area contributed by atoms with Gasteiger partial charge in [-0.05, 0) is 26.0 Å². The molecule has 5 rings (SSSR count). The molecule has 8 nitrogen and oxygen atoms in total. The van der Waals surface area contributed by atoms with Gasteiger partial charge in [0.2, 0.25) is 0 Å². The van der Waals surface area contributed by atoms with Crippen molar-refractivity contribution in [3.8, 4) is 11.3 Å². The van der Waals surface area contributed by atoms with Crippen molar-refractivity contribution >= 4 is 5.69 Å². The predicted molar refractivity (Wildman–Crippen MR) is 107 cm³/mol. The van der Waals surface area contributed by atoms with Crippen LogP contribution in [0.4, 0.5) is 14.5 Å². The average molecular weight is 429 g/mol. The zero-order valence-electron chi connectivity index (χ0n) is 17.1. The fraction of sp³-hybridized carbons (Fsp3) is 0.429. The lowest BCUT2D eigenvalue weighted by atomic mass is 9.89. The summed E-state index contributed by atoms with van der Waals surface area (Å²) in [5.74, 6) is -2.19. The van der Waals surface area contributed by atoms with E-state index in [1.54, 1.807) is 19.3 Å². The number of aromatic nitrogens is 4. The summed E-state index contributed by atoms with van der Waals surface area (Å²) in [7, 11) is 0. The number of hydrogen-bond acceptors (Lipinski definition) is 7. The highest BCUT2D eigenvalue weighted by Gasteiger charge is 2.57. The molecule has 31 heavy (non-hydrogen) atoms. The van der Waals surface area contributed by atoms with Crippen molar-refractivity contribution in [3.63, 3.8) is 0 Å². The molecule has 0 bridgehead atoms. The summed E-state index contributed by atoms with van der Waals surface area (Å²) in [4.78, 5) is 18.8. The minimum absolute atomic E-state index is 0.191. The average Bonchev–Trinajstić information content (AvgIpc) is 3.22. The van der Waals surface area contributed by atoms with Gasteiger partial charge >= 0.3 is 0 Å². The third kappa shape index (κ3) is 3.60. The fourth-order valence-electron chi connectivity index (χ4n) is 4.14. The van der Waals surface area contributed by atoms with Crippen molar-refractivity contribution in [2.45, 2.75) is 38.3 Å². The normalized spacial score (nSPS) is 19.0. The highest BCUT2D eigenvalue weighted by molar-refractivity contribution is 5.62. The summed E-state index contributed by atoms with van der Waals surface area (Å²) >= 11 is 0. The van der Waals surface area contributed by atoms with Crippen molar-refractivity contribution in [2.75, 3.05) is 24.6 Å². The first kappa shape index (κ1) is 19.8. The summed E-state index contributed by atoms with van der Waals surface area (Å²) in [6.45, 7) is 3.97. The van der Waals surface area contributed by atoms with Gasteiger partial charge in [0, 0.05) is 48.6 Å². The molecule has 0 N–H and O–H groups in total. The summed E-state index contributed by atoms with van der Waals surface area (Å²) in [6.07, 6.45) is 2.99. The Balaban J connectivity index is 1.34. The highest BCUT2D eigenvalue weighted by atomic mass is 19.3. The fourth-order valence-corrected chi connectivity index (χ4v) is 4.14. The number of ether oxygens (including phenoxy) is 1. The topological polar surface area (TPSA) is 86.3 Å². The molecular weight excluding hydrogens is 408 g/mol. The van der Waals surface area contributed by atoms with Crippen molar-refractivity contribution in [3.05, 3.63) is 58.0 Å². The Morgan fingerprint density at radius 2 is 2.00 bits per heavy atom. The van der Waals surface area contributed by atoms with Crippen molar-refractivity contribution in [1.82, 2.24) is 19.9 Å². The van der Waals surface area contributed by atoms with Crippen LogP contribution >= 0.6 is 0 Å². The van der Waals surface area contributed by atoms with Crippen LogP contribution in [0.1, 0.15) is 23.4 Å². The van der Waals surface area contributed by atoms with Crippen LogP contribution in [-0.4, -0.2) is 51.1 Å². The van der Waals surface area contributed by atoms with Gasteiger partial charge in [0.15, 0.2) is 0 Å². The molecule has 3 aromatic heterocycles. The first-order chi connectivity index (χ1) is 14.7. The van der Waals surface area contributed by atoms with E-state index in [-0.39, 0.29) is 18.5 Å². The molecule has 0 radical (unpaired) electrons. The van der Waals surface area contributed by atoms with Crippen LogP contribution in [0.15, 0.2) is 39.9 Å². The zero-order chi connectivity index (χ0) is 21.8. The SMILES string of the molecule is Cc1ccc(-c2noc(C)c2Cn2ncc(N3CC4(C3)CC(F)(F)CO4)cc2=O)cn1. The maximum absolute atomic E-state index is 13.5. The largest absolute Gasteiger partial charge is 0.365 e. The smallest absolute Gasteiger partial charge is 0.273 e. The summed E-state index contributed by atoms with van der Waals surface area (Å²) in [5, 5.41) is 8.40. The summed E-state index contributed by atoms with van der Waals surface area (Å²) < 4.78 is 38.9. The third-order valence-electron chi connectivity index (χ3n) is 5.83. The molecule has 0 unspecified atom stereocenters. The summed E-state index contributed by atoms with van der Waals surface area (Å²) in [6, 6.07) is 5.24. The molecule has 0 aliphatic carbocycles. The molecule has 2 saturated heterocycles. The van der Waals surface area contributed by atoms with Crippen molar-refractivity contribution < 1.29 is 18.0 Å². The molecule has 2 aliphatic rings. The van der Waals surface area contributed by atoms with Gasteiger partial charge < -0.3 is 14.2 Å². The molecule has 0 atom stereocenters. The van der Waals surface area contributed by atoms with E-state index >= 15 is 0 Å². The Labute approximate surface area is 176 Å². The molecular formula is C21H21F2N5O3. The second kappa shape index (κ2) is 6.94. The maximum atomic E-state index is 13.5. The van der Waals surface area contributed by atoms with Crippen molar-refractivity contribution in [1.29, 1.82) is 0 Å². The molecule has 2 fully saturated rings. The number of nitrogens with zero attached hydrogens (tertiary/aromatic N) is 5. The highest BCUT2D eigenvalue weighted by Crippen LogP contribution is 2.43. The number of pyridine rings is 1. The molecule has 0 aromatic carbocycles. The van der Waals surface area contributed by atoms with Crippen LogP contribution in [0, 0.1) is 13.8 Å². The van der Waals surface area contributed by atoms with Gasteiger partial charge in [-0.2, -0.15) is 5.10 Å². The first-order valence-corrected chi connectivity index (χ1v) is 9.96. The Morgan fingerprint density at radius 3 is 2.65 bits per heavy atom. The van der Waals surface area contributed by atoms with E-state index in [1.165, 1.54) is 10.7 Å². The van der Waals surface area contributed by atoms with E-state index < -0.39 is 18.1 Å².